The van der Waals surface area contributed by atoms with Crippen molar-refractivity contribution < 1.29 is 0 Å². The van der Waals surface area contributed by atoms with Crippen molar-refractivity contribution in [3.63, 3.8) is 0 Å². The van der Waals surface area contributed by atoms with E-state index in [1.54, 1.807) is 0 Å². The molecule has 8 heavy (non-hydrogen) atoms. The molecule has 0 aromatic heterocycles. The molecule has 0 aliphatic rings. The van der Waals surface area contributed by atoms with Crippen molar-refractivity contribution >= 4 is 6.71 Å². The van der Waals surface area contributed by atoms with Gasteiger partial charge in [-0.25, -0.2) is 0 Å². The van der Waals surface area contributed by atoms with Crippen LogP contribution in [0.1, 0.15) is 0 Å². The summed E-state index contributed by atoms with van der Waals surface area (Å²) in [5.41, 5.74) is 0. The predicted octanol–water partition coefficient (Wildman–Crippen LogP) is 2.48. The second-order valence-electron chi connectivity index (χ2n) is 2.15. The molecular weight excluding hydrogens is 94.9 g/mol. The molecular formula is C7H13B. The molecule has 0 aromatic rings. The molecule has 0 aliphatic heterocycles. The van der Waals surface area contributed by atoms with Crippen LogP contribution in [0.4, 0.5) is 0 Å². The Morgan fingerprint density at radius 1 is 1.25 bits per heavy atom. The summed E-state index contributed by atoms with van der Waals surface area (Å²) in [5.74, 6) is 0. The first-order valence-corrected chi connectivity index (χ1v) is 3.03. The standard InChI is InChI=1S/C7H13B/c1-4-6-8(3)7-5-2/h4-5H,1-2,6-7H2,3H3. The van der Waals surface area contributed by atoms with Crippen LogP contribution in [-0.4, -0.2) is 6.71 Å². The third kappa shape index (κ3) is 3.73. The first-order chi connectivity index (χ1) is 3.81. The summed E-state index contributed by atoms with van der Waals surface area (Å²) in [6, 6.07) is 0. The highest BCUT2D eigenvalue weighted by atomic mass is 13.7. The lowest BCUT2D eigenvalue weighted by atomic mass is 9.47. The number of hydrogen-bond acceptors (Lipinski definition) is 0. The Kier molecular flexibility index (Phi) is 4.43. The van der Waals surface area contributed by atoms with Crippen LogP contribution in [0.5, 0.6) is 0 Å². The van der Waals surface area contributed by atoms with Gasteiger partial charge in [0.05, 0.1) is 0 Å². The lowest BCUT2D eigenvalue weighted by Crippen LogP contribution is -2.00. The third-order valence-electron chi connectivity index (χ3n) is 1.14. The molecule has 0 atom stereocenters. The van der Waals surface area contributed by atoms with Gasteiger partial charge in [-0.15, -0.1) is 13.2 Å². The van der Waals surface area contributed by atoms with Gasteiger partial charge in [0.15, 0.2) is 0 Å². The predicted molar refractivity (Wildman–Crippen MR) is 41.6 cm³/mol. The minimum Gasteiger partial charge on any atom is -0.104 e. The lowest BCUT2D eigenvalue weighted by molar-refractivity contribution is 1.53. The topological polar surface area (TPSA) is 0 Å². The second kappa shape index (κ2) is 4.70. The van der Waals surface area contributed by atoms with Crippen molar-refractivity contribution in [2.45, 2.75) is 19.5 Å². The Bertz CT molecular complexity index is 66.5. The Labute approximate surface area is 52.4 Å². The Hall–Kier alpha value is -0.455. The van der Waals surface area contributed by atoms with E-state index in [0.717, 1.165) is 19.4 Å². The summed E-state index contributed by atoms with van der Waals surface area (Å²) >= 11 is 0. The SMILES string of the molecule is C=CCB(C)CC=C. The van der Waals surface area contributed by atoms with Gasteiger partial charge in [-0.05, 0) is 0 Å². The molecule has 0 bridgehead atoms. The molecule has 0 saturated heterocycles. The Balaban J connectivity index is 3.16. The van der Waals surface area contributed by atoms with Gasteiger partial charge in [-0.1, -0.05) is 31.6 Å². The molecule has 0 unspecified atom stereocenters. The van der Waals surface area contributed by atoms with E-state index in [1.165, 1.54) is 0 Å². The van der Waals surface area contributed by atoms with Gasteiger partial charge in [-0.3, -0.25) is 0 Å². The molecule has 1 heteroatoms. The summed E-state index contributed by atoms with van der Waals surface area (Å²) < 4.78 is 0. The quantitative estimate of drug-likeness (QED) is 0.383. The highest BCUT2D eigenvalue weighted by Crippen LogP contribution is 1.98. The van der Waals surface area contributed by atoms with E-state index in [1.807, 2.05) is 12.2 Å². The van der Waals surface area contributed by atoms with Crippen LogP contribution in [-0.2, 0) is 0 Å². The molecule has 0 radical (unpaired) electrons. The van der Waals surface area contributed by atoms with Gasteiger partial charge in [0.2, 0.25) is 0 Å². The number of hydrogen-bond donors (Lipinski definition) is 0. The zero-order chi connectivity index (χ0) is 6.41. The summed E-state index contributed by atoms with van der Waals surface area (Å²) in [5, 5.41) is 0. The molecule has 0 saturated carbocycles. The Morgan fingerprint density at radius 3 is 1.88 bits per heavy atom. The van der Waals surface area contributed by atoms with Crippen LogP contribution in [0, 0.1) is 0 Å². The van der Waals surface area contributed by atoms with Gasteiger partial charge in [-0.2, -0.15) is 0 Å². The van der Waals surface area contributed by atoms with Crippen LogP contribution in [0.3, 0.4) is 0 Å². The minimum atomic E-state index is 0.727. The van der Waals surface area contributed by atoms with E-state index in [9.17, 15) is 0 Å². The Morgan fingerprint density at radius 2 is 1.62 bits per heavy atom. The van der Waals surface area contributed by atoms with Gasteiger partial charge in [0, 0.05) is 0 Å². The highest BCUT2D eigenvalue weighted by Gasteiger charge is 1.98. The van der Waals surface area contributed by atoms with E-state index in [0.29, 0.717) is 0 Å². The highest BCUT2D eigenvalue weighted by molar-refractivity contribution is 6.58. The second-order valence-corrected chi connectivity index (χ2v) is 2.15. The molecule has 44 valence electrons. The van der Waals surface area contributed by atoms with Crippen molar-refractivity contribution in [2.75, 3.05) is 0 Å². The molecule has 0 amide bonds. The number of rotatable bonds is 4. The zero-order valence-electron chi connectivity index (χ0n) is 5.56. The molecule has 0 heterocycles. The van der Waals surface area contributed by atoms with Crippen LogP contribution in [0.2, 0.25) is 19.5 Å². The largest absolute Gasteiger partial charge is 0.144 e. The monoisotopic (exact) mass is 108 g/mol. The fraction of sp³-hybridized carbons (Fsp3) is 0.429. The smallest absolute Gasteiger partial charge is 0.104 e. The van der Waals surface area contributed by atoms with Crippen LogP contribution in [0.15, 0.2) is 25.3 Å². The van der Waals surface area contributed by atoms with Gasteiger partial charge in [0.1, 0.15) is 6.71 Å². The van der Waals surface area contributed by atoms with Crippen molar-refractivity contribution in [3.8, 4) is 0 Å². The summed E-state index contributed by atoms with van der Waals surface area (Å²) in [6.07, 6.45) is 6.11. The van der Waals surface area contributed by atoms with Crippen LogP contribution in [0.25, 0.3) is 0 Å². The molecule has 0 nitrogen and oxygen atoms in total. The lowest BCUT2D eigenvalue weighted by Gasteiger charge is -1.96. The van der Waals surface area contributed by atoms with Crippen molar-refractivity contribution in [2.24, 2.45) is 0 Å². The maximum absolute atomic E-state index is 3.65. The summed E-state index contributed by atoms with van der Waals surface area (Å²) in [4.78, 5) is 0. The van der Waals surface area contributed by atoms with E-state index in [4.69, 9.17) is 0 Å². The van der Waals surface area contributed by atoms with Gasteiger partial charge >= 0.3 is 0 Å². The zero-order valence-corrected chi connectivity index (χ0v) is 5.56. The van der Waals surface area contributed by atoms with Crippen molar-refractivity contribution in [3.05, 3.63) is 25.3 Å². The fourth-order valence-electron chi connectivity index (χ4n) is 0.665. The van der Waals surface area contributed by atoms with E-state index >= 15 is 0 Å². The van der Waals surface area contributed by atoms with Crippen molar-refractivity contribution in [1.82, 2.24) is 0 Å². The van der Waals surface area contributed by atoms with Crippen LogP contribution < -0.4 is 0 Å². The average molecular weight is 108 g/mol. The maximum Gasteiger partial charge on any atom is 0.144 e. The maximum atomic E-state index is 3.65. The van der Waals surface area contributed by atoms with E-state index in [-0.39, 0.29) is 0 Å². The normalized spacial score (nSPS) is 8.12. The average Bonchev–Trinajstić information content (AvgIpc) is 1.68. The van der Waals surface area contributed by atoms with Gasteiger partial charge < -0.3 is 0 Å². The minimum absolute atomic E-state index is 0.727. The third-order valence-corrected chi connectivity index (χ3v) is 1.14. The molecule has 0 aliphatic carbocycles. The summed E-state index contributed by atoms with van der Waals surface area (Å²) in [7, 11) is 0. The fourth-order valence-corrected chi connectivity index (χ4v) is 0.665. The van der Waals surface area contributed by atoms with Gasteiger partial charge in [0.25, 0.3) is 0 Å². The van der Waals surface area contributed by atoms with Crippen LogP contribution >= 0.6 is 0 Å². The first-order valence-electron chi connectivity index (χ1n) is 3.03. The van der Waals surface area contributed by atoms with E-state index < -0.39 is 0 Å². The molecule has 0 fully saturated rings. The molecule has 0 N–H and O–H groups in total. The summed E-state index contributed by atoms with van der Waals surface area (Å²) in [6.45, 7) is 10.2. The number of allylic oxidation sites excluding steroid dienone is 2. The molecule has 0 rings (SSSR count). The van der Waals surface area contributed by atoms with Crippen molar-refractivity contribution in [1.29, 1.82) is 0 Å². The molecule has 0 spiro atoms. The first kappa shape index (κ1) is 7.54. The van der Waals surface area contributed by atoms with E-state index in [2.05, 4.69) is 20.0 Å². The molecule has 0 aromatic carbocycles.